The third-order valence-electron chi connectivity index (χ3n) is 9.34. The van der Waals surface area contributed by atoms with Gasteiger partial charge in [0.1, 0.15) is 41.7 Å². The van der Waals surface area contributed by atoms with Gasteiger partial charge in [-0.3, -0.25) is 24.0 Å². The summed E-state index contributed by atoms with van der Waals surface area (Å²) in [4.78, 5) is 72.9. The zero-order valence-corrected chi connectivity index (χ0v) is 27.7. The maximum atomic E-state index is 14.3. The molecule has 2 fully saturated rings. The zero-order chi connectivity index (χ0) is 34.4. The summed E-state index contributed by atoms with van der Waals surface area (Å²) in [5.41, 5.74) is 1.34. The van der Waals surface area contributed by atoms with Gasteiger partial charge in [0.25, 0.3) is 0 Å². The van der Waals surface area contributed by atoms with Crippen molar-refractivity contribution in [1.29, 1.82) is 0 Å². The lowest BCUT2D eigenvalue weighted by Crippen LogP contribution is -2.60. The molecule has 254 valence electrons. The number of hydrogen-bond donors (Lipinski definition) is 5. The molecular weight excluding hydrogens is 602 g/mol. The summed E-state index contributed by atoms with van der Waals surface area (Å²) in [7, 11) is 1.50. The summed E-state index contributed by atoms with van der Waals surface area (Å²) < 4.78 is 0. The number of aromatic hydroxyl groups is 2. The molecule has 0 radical (unpaired) electrons. The number of carbonyl (C=O) groups is 5. The Hall–Kier alpha value is -4.61. The van der Waals surface area contributed by atoms with Crippen LogP contribution in [0.25, 0.3) is 0 Å². The molecule has 47 heavy (non-hydrogen) atoms. The quantitative estimate of drug-likeness (QED) is 0.305. The van der Waals surface area contributed by atoms with E-state index in [9.17, 15) is 34.2 Å². The molecule has 2 aromatic rings. The molecule has 2 heterocycles. The minimum Gasteiger partial charge on any atom is -0.508 e. The number of fused-ring (bicyclic) bond motifs is 1. The van der Waals surface area contributed by atoms with Gasteiger partial charge in [0.15, 0.2) is 0 Å². The summed E-state index contributed by atoms with van der Waals surface area (Å²) in [6.45, 7) is 7.63. The van der Waals surface area contributed by atoms with Crippen LogP contribution in [0.3, 0.4) is 0 Å². The molecule has 2 saturated heterocycles. The first-order valence-electron chi connectivity index (χ1n) is 16.3. The van der Waals surface area contributed by atoms with Gasteiger partial charge in [0.05, 0.1) is 0 Å². The number of benzene rings is 2. The fourth-order valence-electron chi connectivity index (χ4n) is 6.18. The predicted molar refractivity (Wildman–Crippen MR) is 175 cm³/mol. The minimum absolute atomic E-state index is 0.0480. The molecular formula is C35H47N5O7. The minimum atomic E-state index is -1.09. The van der Waals surface area contributed by atoms with Gasteiger partial charge in [0.2, 0.25) is 29.5 Å². The van der Waals surface area contributed by atoms with Crippen LogP contribution in [0.1, 0.15) is 58.1 Å². The second-order valence-corrected chi connectivity index (χ2v) is 13.1. The van der Waals surface area contributed by atoms with E-state index in [0.29, 0.717) is 36.9 Å². The maximum Gasteiger partial charge on any atom is 0.246 e. The van der Waals surface area contributed by atoms with E-state index in [0.717, 1.165) is 0 Å². The lowest BCUT2D eigenvalue weighted by atomic mass is 9.94. The van der Waals surface area contributed by atoms with Gasteiger partial charge in [-0.25, -0.2) is 0 Å². The number of amides is 5. The molecule has 12 nitrogen and oxygen atoms in total. The molecule has 0 saturated carbocycles. The molecule has 4 rings (SSSR count). The van der Waals surface area contributed by atoms with Crippen LogP contribution >= 0.6 is 0 Å². The van der Waals surface area contributed by atoms with Gasteiger partial charge in [-0.2, -0.15) is 0 Å². The Kier molecular flexibility index (Phi) is 11.5. The number of hydrogen-bond acceptors (Lipinski definition) is 7. The van der Waals surface area contributed by atoms with E-state index < -0.39 is 59.7 Å². The van der Waals surface area contributed by atoms with Crippen LogP contribution < -0.4 is 16.0 Å². The summed E-state index contributed by atoms with van der Waals surface area (Å²) in [5, 5.41) is 28.3. The molecule has 2 aliphatic heterocycles. The van der Waals surface area contributed by atoms with Gasteiger partial charge < -0.3 is 36.0 Å². The molecule has 0 bridgehead atoms. The van der Waals surface area contributed by atoms with Crippen LogP contribution in [0.5, 0.6) is 11.5 Å². The van der Waals surface area contributed by atoms with Crippen LogP contribution in [0, 0.1) is 11.8 Å². The van der Waals surface area contributed by atoms with Crippen LogP contribution in [0.2, 0.25) is 0 Å². The van der Waals surface area contributed by atoms with E-state index in [1.165, 1.54) is 41.1 Å². The van der Waals surface area contributed by atoms with Crippen LogP contribution in [-0.2, 0) is 36.8 Å². The Balaban J connectivity index is 1.81. The average molecular weight is 650 g/mol. The van der Waals surface area contributed by atoms with E-state index in [4.69, 9.17) is 0 Å². The van der Waals surface area contributed by atoms with E-state index in [1.807, 2.05) is 13.8 Å². The van der Waals surface area contributed by atoms with Gasteiger partial charge in [0, 0.05) is 26.4 Å². The number of carbonyl (C=O) groups excluding carboxylic acids is 5. The molecule has 2 aliphatic rings. The van der Waals surface area contributed by atoms with Crippen molar-refractivity contribution >= 4 is 29.5 Å². The first-order chi connectivity index (χ1) is 22.3. The highest BCUT2D eigenvalue weighted by molar-refractivity contribution is 5.98. The van der Waals surface area contributed by atoms with Crippen molar-refractivity contribution in [1.82, 2.24) is 25.8 Å². The van der Waals surface area contributed by atoms with E-state index >= 15 is 0 Å². The summed E-state index contributed by atoms with van der Waals surface area (Å²) in [6, 6.07) is 7.60. The second-order valence-electron chi connectivity index (χ2n) is 13.1. The van der Waals surface area contributed by atoms with Crippen LogP contribution in [0.4, 0.5) is 0 Å². The number of phenols is 2. The number of nitrogens with zero attached hydrogens (tertiary/aromatic N) is 2. The first-order valence-corrected chi connectivity index (χ1v) is 16.3. The van der Waals surface area contributed by atoms with Gasteiger partial charge in [-0.15, -0.1) is 0 Å². The van der Waals surface area contributed by atoms with Crippen molar-refractivity contribution in [2.24, 2.45) is 11.8 Å². The molecule has 6 atom stereocenters. The standard InChI is InChI=1S/C35H47N5O7/c1-6-21(4)30-35(47)39(5)28(19-23-11-15-25(42)16-12-23)32(44)36-26(18-22-9-13-24(41)14-10-22)34(46)40-17-7-8-27(40)31(43)37-29(20(2)3)33(45)38-30/h9-16,20-21,26-30,41-42H,6-8,17-19H2,1-5H3,(H,36,44)(H,37,43)(H,38,45)/t21-,26+,27+,28+,29+,30+/m1/s1. The Bertz CT molecular complexity index is 1450. The average Bonchev–Trinajstić information content (AvgIpc) is 3.54. The molecule has 5 amide bonds. The van der Waals surface area contributed by atoms with Crippen molar-refractivity contribution in [3.05, 3.63) is 59.7 Å². The third-order valence-corrected chi connectivity index (χ3v) is 9.34. The molecule has 0 aliphatic carbocycles. The van der Waals surface area contributed by atoms with Crippen LogP contribution in [-0.4, -0.2) is 93.4 Å². The predicted octanol–water partition coefficient (Wildman–Crippen LogP) is 1.87. The van der Waals surface area contributed by atoms with Crippen molar-refractivity contribution in [2.45, 2.75) is 90.0 Å². The normalized spacial score (nSPS) is 25.4. The Morgan fingerprint density at radius 3 is 1.85 bits per heavy atom. The topological polar surface area (TPSA) is 168 Å². The largest absolute Gasteiger partial charge is 0.508 e. The maximum absolute atomic E-state index is 14.3. The monoisotopic (exact) mass is 649 g/mol. The smallest absolute Gasteiger partial charge is 0.246 e. The fourth-order valence-corrected chi connectivity index (χ4v) is 6.18. The van der Waals surface area contributed by atoms with Gasteiger partial charge in [-0.05, 0) is 60.1 Å². The zero-order valence-electron chi connectivity index (χ0n) is 27.7. The van der Waals surface area contributed by atoms with Gasteiger partial charge >= 0.3 is 0 Å². The fraction of sp³-hybridized carbons (Fsp3) is 0.514. The van der Waals surface area contributed by atoms with Crippen molar-refractivity contribution in [3.63, 3.8) is 0 Å². The third kappa shape index (κ3) is 8.41. The highest BCUT2D eigenvalue weighted by Gasteiger charge is 2.42. The highest BCUT2D eigenvalue weighted by Crippen LogP contribution is 2.23. The van der Waals surface area contributed by atoms with E-state index in [-0.39, 0.29) is 36.2 Å². The molecule has 12 heteroatoms. The van der Waals surface area contributed by atoms with Crippen molar-refractivity contribution in [3.8, 4) is 11.5 Å². The summed E-state index contributed by atoms with van der Waals surface area (Å²) in [6.07, 6.45) is 1.65. The first kappa shape index (κ1) is 35.2. The number of nitrogens with one attached hydrogen (secondary N) is 3. The molecule has 2 aromatic carbocycles. The van der Waals surface area contributed by atoms with Gasteiger partial charge in [-0.1, -0.05) is 58.4 Å². The molecule has 0 spiro atoms. The molecule has 0 aromatic heterocycles. The lowest BCUT2D eigenvalue weighted by Gasteiger charge is -2.34. The Morgan fingerprint density at radius 2 is 1.30 bits per heavy atom. The highest BCUT2D eigenvalue weighted by atomic mass is 16.3. The van der Waals surface area contributed by atoms with Crippen LogP contribution in [0.15, 0.2) is 48.5 Å². The summed E-state index contributed by atoms with van der Waals surface area (Å²) >= 11 is 0. The number of rotatable bonds is 7. The number of phenolic OH excluding ortho intramolecular Hbond substituents is 2. The Morgan fingerprint density at radius 1 is 0.745 bits per heavy atom. The Labute approximate surface area is 275 Å². The van der Waals surface area contributed by atoms with Crippen molar-refractivity contribution < 1.29 is 34.2 Å². The van der Waals surface area contributed by atoms with E-state index in [1.54, 1.807) is 38.1 Å². The SMILES string of the molecule is CC[C@@H](C)[C@@H]1NC(=O)[C@H](C(C)C)NC(=O)[C@@H]2CCCN2C(=O)[C@H](Cc2ccc(O)cc2)NC(=O)[C@H](Cc2ccc(O)cc2)N(C)C1=O. The van der Waals surface area contributed by atoms with E-state index in [2.05, 4.69) is 16.0 Å². The lowest BCUT2D eigenvalue weighted by molar-refractivity contribution is -0.144. The summed E-state index contributed by atoms with van der Waals surface area (Å²) in [5.74, 6) is -3.05. The van der Waals surface area contributed by atoms with Crippen molar-refractivity contribution in [2.75, 3.05) is 13.6 Å². The second kappa shape index (κ2) is 15.3. The molecule has 5 N–H and O–H groups in total. The molecule has 0 unspecified atom stereocenters. The number of likely N-dealkylation sites (N-methyl/N-ethyl adjacent to an activating group) is 1.